The van der Waals surface area contributed by atoms with Crippen molar-refractivity contribution in [2.24, 2.45) is 5.92 Å². The van der Waals surface area contributed by atoms with Gasteiger partial charge in [0.2, 0.25) is 5.91 Å². The van der Waals surface area contributed by atoms with Gasteiger partial charge < -0.3 is 20.6 Å². The Morgan fingerprint density at radius 3 is 2.27 bits per heavy atom. The van der Waals surface area contributed by atoms with Crippen LogP contribution in [0.25, 0.3) is 0 Å². The molecule has 33 heavy (non-hydrogen) atoms. The molecular weight excluding hydrogens is 442 g/mol. The average molecular weight is 484 g/mol. The molecule has 1 aromatic rings. The summed E-state index contributed by atoms with van der Waals surface area (Å²) in [7, 11) is -3.33. The molecule has 1 aromatic carbocycles. The molecule has 188 valence electrons. The maximum atomic E-state index is 12.8. The predicted molar refractivity (Wildman–Crippen MR) is 132 cm³/mol. The van der Waals surface area contributed by atoms with Crippen LogP contribution < -0.4 is 10.6 Å². The zero-order valence-electron chi connectivity index (χ0n) is 20.8. The van der Waals surface area contributed by atoms with Crippen molar-refractivity contribution in [2.75, 3.05) is 25.1 Å². The molecule has 0 saturated carbocycles. The lowest BCUT2D eigenvalue weighted by molar-refractivity contribution is -0.125. The molecule has 3 atom stereocenters. The maximum Gasteiger partial charge on any atom is 0.317 e. The van der Waals surface area contributed by atoms with E-state index in [4.69, 9.17) is 0 Å². The highest BCUT2D eigenvalue weighted by atomic mass is 32.2. The highest BCUT2D eigenvalue weighted by Crippen LogP contribution is 2.12. The summed E-state index contributed by atoms with van der Waals surface area (Å²) in [4.78, 5) is 27.1. The number of unbranched alkanes of at least 4 members (excludes halogenated alkanes) is 1. The Morgan fingerprint density at radius 1 is 1.15 bits per heavy atom. The lowest BCUT2D eigenvalue weighted by Gasteiger charge is -2.33. The van der Waals surface area contributed by atoms with Gasteiger partial charge in [0.15, 0.2) is 0 Å². The summed E-state index contributed by atoms with van der Waals surface area (Å²) in [6.45, 7) is 9.76. The van der Waals surface area contributed by atoms with Crippen LogP contribution in [0.4, 0.5) is 4.79 Å². The van der Waals surface area contributed by atoms with Gasteiger partial charge >= 0.3 is 6.03 Å². The Balaban J connectivity index is 3.05. The molecule has 0 radical (unpaired) electrons. The molecule has 0 aliphatic carbocycles. The lowest BCUT2D eigenvalue weighted by atomic mass is 9.99. The second-order valence-corrected chi connectivity index (χ2v) is 12.0. The van der Waals surface area contributed by atoms with E-state index in [2.05, 4.69) is 10.6 Å². The van der Waals surface area contributed by atoms with Crippen molar-refractivity contribution < 1.29 is 23.1 Å². The van der Waals surface area contributed by atoms with Crippen LogP contribution in [0.2, 0.25) is 0 Å². The Hall–Kier alpha value is -2.13. The number of amides is 3. The standard InChI is InChI=1S/C24H41N3O5S/c1-7-8-14-27(23(30)26-24(3,4)5)16-21(28)20(15-19-12-10-9-11-13-19)25-22(29)18(2)17-33(6,31)32/h9-13,18,20-21,28H,7-8,14-17H2,1-6H3,(H,25,29)(H,26,30)/t18?,20-,21?/m0/s1. The van der Waals surface area contributed by atoms with Crippen LogP contribution in [0.1, 0.15) is 53.0 Å². The molecule has 0 heterocycles. The number of hydrogen-bond acceptors (Lipinski definition) is 5. The molecule has 0 fully saturated rings. The lowest BCUT2D eigenvalue weighted by Crippen LogP contribution is -2.55. The van der Waals surface area contributed by atoms with E-state index in [1.165, 1.54) is 0 Å². The zero-order chi connectivity index (χ0) is 25.2. The zero-order valence-corrected chi connectivity index (χ0v) is 21.6. The summed E-state index contributed by atoms with van der Waals surface area (Å²) in [5.41, 5.74) is 0.488. The van der Waals surface area contributed by atoms with Gasteiger partial charge in [0.05, 0.1) is 24.4 Å². The van der Waals surface area contributed by atoms with Crippen LogP contribution in [0.15, 0.2) is 30.3 Å². The van der Waals surface area contributed by atoms with Gasteiger partial charge in [-0.05, 0) is 39.2 Å². The summed E-state index contributed by atoms with van der Waals surface area (Å²) >= 11 is 0. The Kier molecular flexibility index (Phi) is 11.3. The molecule has 2 unspecified atom stereocenters. The maximum absolute atomic E-state index is 12.8. The number of aliphatic hydroxyl groups is 1. The molecule has 9 heteroatoms. The predicted octanol–water partition coefficient (Wildman–Crippen LogP) is 2.37. The molecule has 0 aromatic heterocycles. The highest BCUT2D eigenvalue weighted by molar-refractivity contribution is 7.90. The smallest absolute Gasteiger partial charge is 0.317 e. The minimum Gasteiger partial charge on any atom is -0.389 e. The van der Waals surface area contributed by atoms with Gasteiger partial charge in [0.25, 0.3) is 0 Å². The monoisotopic (exact) mass is 483 g/mol. The number of hydrogen-bond donors (Lipinski definition) is 3. The topological polar surface area (TPSA) is 116 Å². The molecule has 3 N–H and O–H groups in total. The van der Waals surface area contributed by atoms with Crippen molar-refractivity contribution in [2.45, 2.75) is 71.6 Å². The molecule has 0 spiro atoms. The van der Waals surface area contributed by atoms with E-state index < -0.39 is 39.3 Å². The van der Waals surface area contributed by atoms with Gasteiger partial charge in [-0.15, -0.1) is 0 Å². The molecule has 8 nitrogen and oxygen atoms in total. The molecule has 0 aliphatic heterocycles. The summed E-state index contributed by atoms with van der Waals surface area (Å²) < 4.78 is 23.2. The van der Waals surface area contributed by atoms with Crippen LogP contribution in [-0.2, 0) is 21.1 Å². The van der Waals surface area contributed by atoms with Gasteiger partial charge in [0, 0.05) is 24.3 Å². The second kappa shape index (κ2) is 12.9. The third kappa shape index (κ3) is 12.1. The van der Waals surface area contributed by atoms with Crippen LogP contribution in [0, 0.1) is 5.92 Å². The summed E-state index contributed by atoms with van der Waals surface area (Å²) in [5.74, 6) is -1.48. The Labute approximate surface area is 199 Å². The van der Waals surface area contributed by atoms with E-state index in [9.17, 15) is 23.1 Å². The molecule has 0 bridgehead atoms. The molecule has 0 aliphatic rings. The minimum atomic E-state index is -3.33. The van der Waals surface area contributed by atoms with E-state index in [-0.39, 0.29) is 18.3 Å². The first-order valence-electron chi connectivity index (χ1n) is 11.5. The fourth-order valence-corrected chi connectivity index (χ4v) is 4.44. The quantitative estimate of drug-likeness (QED) is 0.422. The van der Waals surface area contributed by atoms with Crippen molar-refractivity contribution in [1.82, 2.24) is 15.5 Å². The number of rotatable bonds is 12. The van der Waals surface area contributed by atoms with Gasteiger partial charge in [0.1, 0.15) is 9.84 Å². The number of benzene rings is 1. The molecule has 1 rings (SSSR count). The number of carbonyl (C=O) groups is 2. The third-order valence-corrected chi connectivity index (χ3v) is 6.15. The largest absolute Gasteiger partial charge is 0.389 e. The normalized spacial score (nSPS) is 14.8. The first-order valence-corrected chi connectivity index (χ1v) is 13.5. The van der Waals surface area contributed by atoms with Crippen LogP contribution in [0.5, 0.6) is 0 Å². The average Bonchev–Trinajstić information content (AvgIpc) is 2.68. The van der Waals surface area contributed by atoms with Crippen molar-refractivity contribution >= 4 is 21.8 Å². The summed E-state index contributed by atoms with van der Waals surface area (Å²) in [5, 5.41) is 16.8. The van der Waals surface area contributed by atoms with E-state index in [1.54, 1.807) is 11.8 Å². The third-order valence-electron chi connectivity index (χ3n) is 5.05. The molecular formula is C24H41N3O5S. The highest BCUT2D eigenvalue weighted by Gasteiger charge is 2.29. The Bertz CT molecular complexity index is 853. The van der Waals surface area contributed by atoms with Crippen molar-refractivity contribution in [1.29, 1.82) is 0 Å². The number of sulfone groups is 1. The Morgan fingerprint density at radius 2 is 1.76 bits per heavy atom. The van der Waals surface area contributed by atoms with Gasteiger partial charge in [-0.25, -0.2) is 13.2 Å². The van der Waals surface area contributed by atoms with E-state index in [1.807, 2.05) is 58.0 Å². The molecule has 3 amide bonds. The first kappa shape index (κ1) is 28.9. The number of nitrogens with one attached hydrogen (secondary N) is 2. The van der Waals surface area contributed by atoms with Gasteiger partial charge in [-0.1, -0.05) is 50.6 Å². The van der Waals surface area contributed by atoms with Crippen LogP contribution >= 0.6 is 0 Å². The number of nitrogens with zero attached hydrogens (tertiary/aromatic N) is 1. The fraction of sp³-hybridized carbons (Fsp3) is 0.667. The SMILES string of the molecule is CCCCN(CC(O)[C@H](Cc1ccccc1)NC(=O)C(C)CS(C)(=O)=O)C(=O)NC(C)(C)C. The number of carbonyl (C=O) groups excluding carboxylic acids is 2. The number of urea groups is 1. The van der Waals surface area contributed by atoms with Crippen molar-refractivity contribution in [3.8, 4) is 0 Å². The van der Waals surface area contributed by atoms with Crippen LogP contribution in [0.3, 0.4) is 0 Å². The summed E-state index contributed by atoms with van der Waals surface area (Å²) in [6.07, 6.45) is 2.07. The second-order valence-electron chi connectivity index (χ2n) is 9.85. The number of aliphatic hydroxyl groups excluding tert-OH is 1. The van der Waals surface area contributed by atoms with Crippen molar-refractivity contribution in [3.05, 3.63) is 35.9 Å². The fourth-order valence-electron chi connectivity index (χ4n) is 3.38. The van der Waals surface area contributed by atoms with E-state index in [0.717, 1.165) is 24.7 Å². The minimum absolute atomic E-state index is 0.0418. The molecule has 0 saturated heterocycles. The van der Waals surface area contributed by atoms with E-state index in [0.29, 0.717) is 13.0 Å². The van der Waals surface area contributed by atoms with Crippen LogP contribution in [-0.4, -0.2) is 73.1 Å². The van der Waals surface area contributed by atoms with Gasteiger partial charge in [-0.3, -0.25) is 4.79 Å². The van der Waals surface area contributed by atoms with E-state index >= 15 is 0 Å². The summed E-state index contributed by atoms with van der Waals surface area (Å²) in [6, 6.07) is 8.46. The van der Waals surface area contributed by atoms with Crippen molar-refractivity contribution in [3.63, 3.8) is 0 Å². The van der Waals surface area contributed by atoms with Gasteiger partial charge in [-0.2, -0.15) is 0 Å². The first-order chi connectivity index (χ1) is 15.2.